The molecule has 0 saturated carbocycles. The Morgan fingerprint density at radius 2 is 2.33 bits per heavy atom. The molecule has 2 aromatic rings. The molecule has 0 saturated heterocycles. The highest BCUT2D eigenvalue weighted by molar-refractivity contribution is 5.72. The molecule has 0 atom stereocenters. The van der Waals surface area contributed by atoms with Gasteiger partial charge >= 0.3 is 0 Å². The topological polar surface area (TPSA) is 76.0 Å². The molecule has 0 aliphatic rings. The zero-order valence-corrected chi connectivity index (χ0v) is 10.4. The Kier molecular flexibility index (Phi) is 4.06. The van der Waals surface area contributed by atoms with E-state index in [1.165, 1.54) is 0 Å². The summed E-state index contributed by atoms with van der Waals surface area (Å²) in [6.07, 6.45) is 4.48. The minimum Gasteiger partial charge on any atom is -0.491 e. The van der Waals surface area contributed by atoms with Crippen molar-refractivity contribution in [3.8, 4) is 5.75 Å². The van der Waals surface area contributed by atoms with Crippen LogP contribution in [0.3, 0.4) is 0 Å². The second-order valence-corrected chi connectivity index (χ2v) is 3.96. The fraction of sp³-hybridized carbons (Fsp3) is 0.308. The summed E-state index contributed by atoms with van der Waals surface area (Å²) in [6, 6.07) is 5.73. The highest BCUT2D eigenvalue weighted by Gasteiger charge is 2.05. The Labute approximate surface area is 106 Å². The van der Waals surface area contributed by atoms with E-state index in [-0.39, 0.29) is 0 Å². The summed E-state index contributed by atoms with van der Waals surface area (Å²) in [5.41, 5.74) is 7.54. The van der Waals surface area contributed by atoms with Gasteiger partial charge in [-0.1, -0.05) is 13.0 Å². The lowest BCUT2D eigenvalue weighted by Gasteiger charge is -2.12. The molecule has 0 spiro atoms. The van der Waals surface area contributed by atoms with E-state index in [1.54, 1.807) is 12.4 Å². The van der Waals surface area contributed by atoms with Crippen LogP contribution in [0.25, 0.3) is 0 Å². The number of benzene rings is 1. The summed E-state index contributed by atoms with van der Waals surface area (Å²) in [5.74, 6) is 1.59. The van der Waals surface area contributed by atoms with Crippen LogP contribution in [0.15, 0.2) is 30.6 Å². The molecule has 0 unspecified atom stereocenters. The molecule has 18 heavy (non-hydrogen) atoms. The van der Waals surface area contributed by atoms with Gasteiger partial charge in [0.15, 0.2) is 0 Å². The predicted molar refractivity (Wildman–Crippen MR) is 72.6 cm³/mol. The lowest BCUT2D eigenvalue weighted by Crippen LogP contribution is -2.06. The molecule has 0 radical (unpaired) electrons. The van der Waals surface area contributed by atoms with Gasteiger partial charge < -0.3 is 20.8 Å². The van der Waals surface area contributed by atoms with Gasteiger partial charge in [-0.15, -0.1) is 0 Å². The summed E-state index contributed by atoms with van der Waals surface area (Å²) >= 11 is 0. The van der Waals surface area contributed by atoms with Gasteiger partial charge in [-0.3, -0.25) is 0 Å². The number of aromatic nitrogens is 2. The summed E-state index contributed by atoms with van der Waals surface area (Å²) in [6.45, 7) is 3.34. The van der Waals surface area contributed by atoms with E-state index in [9.17, 15) is 0 Å². The lowest BCUT2D eigenvalue weighted by molar-refractivity contribution is 0.319. The molecule has 1 aromatic heterocycles. The maximum Gasteiger partial charge on any atom is 0.144 e. The maximum atomic E-state index is 6.05. The molecular weight excluding hydrogens is 228 g/mol. The second kappa shape index (κ2) is 5.95. The number of H-pyrrole nitrogens is 1. The zero-order chi connectivity index (χ0) is 12.8. The van der Waals surface area contributed by atoms with Crippen molar-refractivity contribution in [2.45, 2.75) is 19.9 Å². The van der Waals surface area contributed by atoms with Gasteiger partial charge in [0.05, 0.1) is 24.5 Å². The van der Waals surface area contributed by atoms with Crippen LogP contribution in [0.1, 0.15) is 19.2 Å². The lowest BCUT2D eigenvalue weighted by atomic mass is 10.2. The number of ether oxygens (including phenoxy) is 1. The van der Waals surface area contributed by atoms with Gasteiger partial charge in [0, 0.05) is 12.4 Å². The Hall–Kier alpha value is -2.17. The molecule has 0 bridgehead atoms. The molecule has 0 aliphatic carbocycles. The van der Waals surface area contributed by atoms with Crippen LogP contribution in [-0.4, -0.2) is 16.6 Å². The Bertz CT molecular complexity index is 482. The minimum absolute atomic E-state index is 0.606. The molecule has 5 nitrogen and oxygen atoms in total. The van der Waals surface area contributed by atoms with Crippen molar-refractivity contribution in [3.63, 3.8) is 0 Å². The summed E-state index contributed by atoms with van der Waals surface area (Å²) in [5, 5.41) is 3.23. The number of rotatable bonds is 6. The van der Waals surface area contributed by atoms with E-state index in [1.807, 2.05) is 18.2 Å². The average molecular weight is 246 g/mol. The second-order valence-electron chi connectivity index (χ2n) is 3.96. The smallest absolute Gasteiger partial charge is 0.144 e. The van der Waals surface area contributed by atoms with Crippen LogP contribution in [0.2, 0.25) is 0 Å². The Balaban J connectivity index is 2.03. The first-order valence-corrected chi connectivity index (χ1v) is 6.04. The van der Waals surface area contributed by atoms with Crippen molar-refractivity contribution < 1.29 is 4.74 Å². The van der Waals surface area contributed by atoms with Crippen molar-refractivity contribution in [1.29, 1.82) is 0 Å². The maximum absolute atomic E-state index is 6.05. The number of aromatic amines is 1. The van der Waals surface area contributed by atoms with Crippen LogP contribution in [0, 0.1) is 0 Å². The normalized spacial score (nSPS) is 10.3. The van der Waals surface area contributed by atoms with Crippen molar-refractivity contribution in [1.82, 2.24) is 9.97 Å². The van der Waals surface area contributed by atoms with E-state index in [2.05, 4.69) is 22.2 Å². The number of hydrogen-bond acceptors (Lipinski definition) is 4. The van der Waals surface area contributed by atoms with Gasteiger partial charge in [-0.25, -0.2) is 4.98 Å². The molecule has 0 amide bonds. The quantitative estimate of drug-likeness (QED) is 0.684. The monoisotopic (exact) mass is 246 g/mol. The number of nitrogens with one attached hydrogen (secondary N) is 2. The molecule has 4 N–H and O–H groups in total. The van der Waals surface area contributed by atoms with E-state index < -0.39 is 0 Å². The van der Waals surface area contributed by atoms with Gasteiger partial charge in [-0.2, -0.15) is 0 Å². The van der Waals surface area contributed by atoms with Crippen molar-refractivity contribution in [2.75, 3.05) is 17.7 Å². The van der Waals surface area contributed by atoms with Crippen LogP contribution >= 0.6 is 0 Å². The predicted octanol–water partition coefficient (Wildman–Crippen LogP) is 2.39. The largest absolute Gasteiger partial charge is 0.491 e. The van der Waals surface area contributed by atoms with E-state index >= 15 is 0 Å². The standard InChI is InChI=1S/C13H18N4O/c1-2-8-18-11-5-3-4-10(13(11)14)17-9-12-15-6-7-16-12/h3-7,17H,2,8-9,14H2,1H3,(H,15,16). The number of imidazole rings is 1. The third-order valence-electron chi connectivity index (χ3n) is 2.53. The summed E-state index contributed by atoms with van der Waals surface area (Å²) in [7, 11) is 0. The van der Waals surface area contributed by atoms with Crippen molar-refractivity contribution in [3.05, 3.63) is 36.4 Å². The molecule has 1 aromatic carbocycles. The SMILES string of the molecule is CCCOc1cccc(NCc2ncc[nH]2)c1N. The van der Waals surface area contributed by atoms with Crippen LogP contribution < -0.4 is 15.8 Å². The van der Waals surface area contributed by atoms with Gasteiger partial charge in [0.2, 0.25) is 0 Å². The highest BCUT2D eigenvalue weighted by Crippen LogP contribution is 2.29. The summed E-state index contributed by atoms with van der Waals surface area (Å²) in [4.78, 5) is 7.17. The first kappa shape index (κ1) is 12.3. The van der Waals surface area contributed by atoms with Crippen LogP contribution in [0.4, 0.5) is 11.4 Å². The third kappa shape index (κ3) is 2.94. The number of hydrogen-bond donors (Lipinski definition) is 3. The van der Waals surface area contributed by atoms with Crippen LogP contribution in [0.5, 0.6) is 5.75 Å². The number of para-hydroxylation sites is 1. The number of anilines is 2. The van der Waals surface area contributed by atoms with Crippen molar-refractivity contribution >= 4 is 11.4 Å². The zero-order valence-electron chi connectivity index (χ0n) is 10.4. The molecule has 5 heteroatoms. The number of nitrogens with two attached hydrogens (primary N) is 1. The first-order chi connectivity index (χ1) is 8.81. The van der Waals surface area contributed by atoms with Crippen LogP contribution in [-0.2, 0) is 6.54 Å². The minimum atomic E-state index is 0.606. The summed E-state index contributed by atoms with van der Waals surface area (Å²) < 4.78 is 5.58. The van der Waals surface area contributed by atoms with Gasteiger partial charge in [0.25, 0.3) is 0 Å². The Morgan fingerprint density at radius 1 is 1.44 bits per heavy atom. The fourth-order valence-electron chi connectivity index (χ4n) is 1.61. The highest BCUT2D eigenvalue weighted by atomic mass is 16.5. The molecule has 1 heterocycles. The number of nitrogens with zero attached hydrogens (tertiary/aromatic N) is 1. The average Bonchev–Trinajstić information content (AvgIpc) is 2.89. The van der Waals surface area contributed by atoms with Crippen molar-refractivity contribution in [2.24, 2.45) is 0 Å². The third-order valence-corrected chi connectivity index (χ3v) is 2.53. The fourth-order valence-corrected chi connectivity index (χ4v) is 1.61. The molecule has 0 fully saturated rings. The van der Waals surface area contributed by atoms with Gasteiger partial charge in [0.1, 0.15) is 11.6 Å². The first-order valence-electron chi connectivity index (χ1n) is 6.04. The number of nitrogen functional groups attached to an aromatic ring is 1. The van der Waals surface area contributed by atoms with E-state index in [0.29, 0.717) is 18.8 Å². The van der Waals surface area contributed by atoms with Gasteiger partial charge in [-0.05, 0) is 18.6 Å². The Morgan fingerprint density at radius 3 is 3.06 bits per heavy atom. The van der Waals surface area contributed by atoms with E-state index in [0.717, 1.165) is 23.7 Å². The molecular formula is C13H18N4O. The molecule has 96 valence electrons. The molecule has 2 rings (SSSR count). The van der Waals surface area contributed by atoms with E-state index in [4.69, 9.17) is 10.5 Å². The molecule has 0 aliphatic heterocycles.